The molecule has 2 aromatic carbocycles. The largest absolute Gasteiger partial charge is 0.480 e. The van der Waals surface area contributed by atoms with E-state index in [-0.39, 0.29) is 0 Å². The van der Waals surface area contributed by atoms with E-state index in [2.05, 4.69) is 20.6 Å². The summed E-state index contributed by atoms with van der Waals surface area (Å²) in [5.74, 6) is -0.996. The number of anilines is 2. The maximum absolute atomic E-state index is 11.9. The molecule has 0 fully saturated rings. The zero-order chi connectivity index (χ0) is 17.6. The van der Waals surface area contributed by atoms with Crippen molar-refractivity contribution in [2.75, 3.05) is 11.9 Å². The molecule has 0 unspecified atom stereocenters. The third kappa shape index (κ3) is 4.23. The van der Waals surface area contributed by atoms with Gasteiger partial charge in [0, 0.05) is 11.3 Å². The van der Waals surface area contributed by atoms with E-state index in [1.807, 2.05) is 30.3 Å². The van der Waals surface area contributed by atoms with Crippen LogP contribution in [-0.4, -0.2) is 33.5 Å². The molecule has 25 heavy (non-hydrogen) atoms. The van der Waals surface area contributed by atoms with Crippen molar-refractivity contribution in [3.8, 4) is 11.3 Å². The summed E-state index contributed by atoms with van der Waals surface area (Å²) < 4.78 is 0. The number of carbonyl (C=O) groups excluding carboxylic acids is 1. The van der Waals surface area contributed by atoms with Gasteiger partial charge < -0.3 is 20.7 Å². The monoisotopic (exact) mass is 336 g/mol. The van der Waals surface area contributed by atoms with E-state index in [1.54, 1.807) is 30.5 Å². The average Bonchev–Trinajstić information content (AvgIpc) is 3.09. The van der Waals surface area contributed by atoms with Gasteiger partial charge in [0.25, 0.3) is 5.91 Å². The number of amides is 1. The molecule has 4 N–H and O–H groups in total. The number of carboxylic acid groups (broad SMARTS) is 1. The second-order valence-electron chi connectivity index (χ2n) is 5.29. The first kappa shape index (κ1) is 16.3. The first-order valence-electron chi connectivity index (χ1n) is 7.59. The van der Waals surface area contributed by atoms with Crippen LogP contribution in [0, 0.1) is 0 Å². The van der Waals surface area contributed by atoms with E-state index in [4.69, 9.17) is 5.11 Å². The van der Waals surface area contributed by atoms with Crippen LogP contribution in [0.3, 0.4) is 0 Å². The highest BCUT2D eigenvalue weighted by atomic mass is 16.4. The van der Waals surface area contributed by atoms with Crippen molar-refractivity contribution >= 4 is 23.5 Å². The summed E-state index contributed by atoms with van der Waals surface area (Å²) in [7, 11) is 0. The van der Waals surface area contributed by atoms with Crippen LogP contribution in [-0.2, 0) is 4.79 Å². The standard InChI is InChI=1S/C18H16N4O3/c23-16(24)11-19-17(25)13-7-4-8-14(9-13)21-18-20-10-15(22-18)12-5-2-1-3-6-12/h1-10H,11H2,(H,19,25)(H,23,24)(H2,20,21,22). The number of rotatable bonds is 6. The molecule has 0 aliphatic heterocycles. The molecule has 7 nitrogen and oxygen atoms in total. The number of nitrogens with one attached hydrogen (secondary N) is 3. The smallest absolute Gasteiger partial charge is 0.322 e. The number of aliphatic carboxylic acids is 1. The molecule has 1 amide bonds. The second kappa shape index (κ2) is 7.31. The van der Waals surface area contributed by atoms with Crippen molar-refractivity contribution in [2.45, 2.75) is 0 Å². The van der Waals surface area contributed by atoms with Gasteiger partial charge in [-0.2, -0.15) is 0 Å². The minimum absolute atomic E-state index is 0.362. The Labute approximate surface area is 143 Å². The van der Waals surface area contributed by atoms with Gasteiger partial charge in [0.05, 0.1) is 11.9 Å². The number of carboxylic acids is 1. The number of hydrogen-bond donors (Lipinski definition) is 4. The molecular weight excluding hydrogens is 320 g/mol. The number of aromatic amines is 1. The average molecular weight is 336 g/mol. The summed E-state index contributed by atoms with van der Waals surface area (Å²) in [4.78, 5) is 29.9. The Morgan fingerprint density at radius 1 is 1.08 bits per heavy atom. The molecule has 0 saturated heterocycles. The third-order valence-corrected chi connectivity index (χ3v) is 3.45. The maximum Gasteiger partial charge on any atom is 0.322 e. The van der Waals surface area contributed by atoms with Gasteiger partial charge in [-0.05, 0) is 23.8 Å². The van der Waals surface area contributed by atoms with Gasteiger partial charge in [0.15, 0.2) is 0 Å². The molecule has 0 spiro atoms. The Hall–Kier alpha value is -3.61. The molecule has 3 aromatic rings. The van der Waals surface area contributed by atoms with Crippen molar-refractivity contribution in [3.05, 3.63) is 66.4 Å². The normalized spacial score (nSPS) is 10.2. The van der Waals surface area contributed by atoms with Gasteiger partial charge in [0.1, 0.15) is 6.54 Å². The van der Waals surface area contributed by atoms with Gasteiger partial charge in [0.2, 0.25) is 5.95 Å². The fourth-order valence-electron chi connectivity index (χ4n) is 2.28. The van der Waals surface area contributed by atoms with E-state index in [1.165, 1.54) is 0 Å². The summed E-state index contributed by atoms with van der Waals surface area (Å²) in [5.41, 5.74) is 2.92. The number of hydrogen-bond acceptors (Lipinski definition) is 4. The van der Waals surface area contributed by atoms with E-state index in [9.17, 15) is 9.59 Å². The summed E-state index contributed by atoms with van der Waals surface area (Å²) >= 11 is 0. The first-order chi connectivity index (χ1) is 12.1. The van der Waals surface area contributed by atoms with E-state index in [0.29, 0.717) is 17.2 Å². The summed E-state index contributed by atoms with van der Waals surface area (Å²) in [6, 6.07) is 16.5. The second-order valence-corrected chi connectivity index (χ2v) is 5.29. The summed E-state index contributed by atoms with van der Waals surface area (Å²) in [5, 5.41) is 14.0. The van der Waals surface area contributed by atoms with Crippen molar-refractivity contribution in [2.24, 2.45) is 0 Å². The molecule has 126 valence electrons. The van der Waals surface area contributed by atoms with Crippen LogP contribution < -0.4 is 10.6 Å². The van der Waals surface area contributed by atoms with Gasteiger partial charge in [-0.15, -0.1) is 0 Å². The highest BCUT2D eigenvalue weighted by Crippen LogP contribution is 2.20. The Bertz CT molecular complexity index is 890. The van der Waals surface area contributed by atoms with Gasteiger partial charge in [-0.1, -0.05) is 36.4 Å². The van der Waals surface area contributed by atoms with Crippen molar-refractivity contribution < 1.29 is 14.7 Å². The lowest BCUT2D eigenvalue weighted by Crippen LogP contribution is -2.29. The van der Waals surface area contributed by atoms with E-state index in [0.717, 1.165) is 11.3 Å². The lowest BCUT2D eigenvalue weighted by Gasteiger charge is -2.06. The van der Waals surface area contributed by atoms with Gasteiger partial charge in [-0.25, -0.2) is 4.98 Å². The number of carbonyl (C=O) groups is 2. The van der Waals surface area contributed by atoms with Crippen molar-refractivity contribution in [1.82, 2.24) is 15.3 Å². The zero-order valence-electron chi connectivity index (χ0n) is 13.2. The van der Waals surface area contributed by atoms with Crippen LogP contribution in [0.2, 0.25) is 0 Å². The van der Waals surface area contributed by atoms with E-state index >= 15 is 0 Å². The van der Waals surface area contributed by atoms with E-state index < -0.39 is 18.4 Å². The lowest BCUT2D eigenvalue weighted by atomic mass is 10.2. The Morgan fingerprint density at radius 3 is 2.64 bits per heavy atom. The molecule has 1 heterocycles. The van der Waals surface area contributed by atoms with Crippen LogP contribution in [0.4, 0.5) is 11.6 Å². The summed E-state index contributed by atoms with van der Waals surface area (Å²) in [6.07, 6.45) is 1.72. The number of aromatic nitrogens is 2. The minimum atomic E-state index is -1.09. The van der Waals surface area contributed by atoms with Gasteiger partial charge in [-0.3, -0.25) is 9.59 Å². The molecule has 3 rings (SSSR count). The first-order valence-corrected chi connectivity index (χ1v) is 7.59. The number of nitrogens with zero attached hydrogens (tertiary/aromatic N) is 1. The molecular formula is C18H16N4O3. The third-order valence-electron chi connectivity index (χ3n) is 3.45. The quantitative estimate of drug-likeness (QED) is 0.553. The van der Waals surface area contributed by atoms with Crippen LogP contribution >= 0.6 is 0 Å². The topological polar surface area (TPSA) is 107 Å². The molecule has 0 aliphatic rings. The highest BCUT2D eigenvalue weighted by molar-refractivity contribution is 5.96. The number of benzene rings is 2. The molecule has 0 atom stereocenters. The SMILES string of the molecule is O=C(O)CNC(=O)c1cccc(Nc2ncc(-c3ccccc3)[nH]2)c1. The van der Waals surface area contributed by atoms with Crippen molar-refractivity contribution in [1.29, 1.82) is 0 Å². The van der Waals surface area contributed by atoms with Crippen molar-refractivity contribution in [3.63, 3.8) is 0 Å². The molecule has 0 aliphatic carbocycles. The Balaban J connectivity index is 1.71. The number of imidazole rings is 1. The summed E-state index contributed by atoms with van der Waals surface area (Å²) in [6.45, 7) is -0.422. The lowest BCUT2D eigenvalue weighted by molar-refractivity contribution is -0.135. The van der Waals surface area contributed by atoms with Crippen LogP contribution in [0.15, 0.2) is 60.8 Å². The fourth-order valence-corrected chi connectivity index (χ4v) is 2.28. The molecule has 0 bridgehead atoms. The molecule has 0 saturated carbocycles. The van der Waals surface area contributed by atoms with Crippen LogP contribution in [0.5, 0.6) is 0 Å². The minimum Gasteiger partial charge on any atom is -0.480 e. The predicted molar refractivity (Wildman–Crippen MR) is 93.7 cm³/mol. The predicted octanol–water partition coefficient (Wildman–Crippen LogP) is 2.63. The maximum atomic E-state index is 11.9. The molecule has 7 heteroatoms. The fraction of sp³-hybridized carbons (Fsp3) is 0.0556. The molecule has 1 aromatic heterocycles. The number of H-pyrrole nitrogens is 1. The Morgan fingerprint density at radius 2 is 1.88 bits per heavy atom. The zero-order valence-corrected chi connectivity index (χ0v) is 13.2. The van der Waals surface area contributed by atoms with Gasteiger partial charge >= 0.3 is 5.97 Å². The molecule has 0 radical (unpaired) electrons. The Kier molecular flexibility index (Phi) is 4.75. The van der Waals surface area contributed by atoms with Crippen LogP contribution in [0.25, 0.3) is 11.3 Å². The van der Waals surface area contributed by atoms with Crippen LogP contribution in [0.1, 0.15) is 10.4 Å². The highest BCUT2D eigenvalue weighted by Gasteiger charge is 2.09.